The fraction of sp³-hybridized carbons (Fsp3) is 0.391. The van der Waals surface area contributed by atoms with Crippen LogP contribution >= 0.6 is 0 Å². The van der Waals surface area contributed by atoms with Crippen LogP contribution < -0.4 is 4.74 Å². The molecule has 1 N–H and O–H groups in total. The second-order valence-electron chi connectivity index (χ2n) is 7.49. The molecule has 2 saturated heterocycles. The molecule has 4 rings (SSSR count). The van der Waals surface area contributed by atoms with Gasteiger partial charge in [0.1, 0.15) is 29.1 Å². The number of carbonyl (C=O) groups excluding carboxylic acids is 2. The summed E-state index contributed by atoms with van der Waals surface area (Å²) in [6.45, 7) is 5.12. The van der Waals surface area contributed by atoms with Crippen molar-refractivity contribution in [1.29, 1.82) is 0 Å². The topological polar surface area (TPSA) is 89.2 Å². The van der Waals surface area contributed by atoms with Crippen LogP contribution in [0.25, 0.3) is 5.76 Å². The Hall–Kier alpha value is -3.06. The Labute approximate surface area is 174 Å². The molecule has 7 heteroatoms. The minimum Gasteiger partial charge on any atom is -0.507 e. The number of carbonyl (C=O) groups is 2. The van der Waals surface area contributed by atoms with Crippen molar-refractivity contribution in [3.63, 3.8) is 0 Å². The van der Waals surface area contributed by atoms with Gasteiger partial charge in [-0.25, -0.2) is 0 Å². The van der Waals surface area contributed by atoms with Gasteiger partial charge in [0.15, 0.2) is 0 Å². The van der Waals surface area contributed by atoms with E-state index in [1.165, 1.54) is 4.90 Å². The van der Waals surface area contributed by atoms with Gasteiger partial charge in [0.2, 0.25) is 0 Å². The lowest BCUT2D eigenvalue weighted by molar-refractivity contribution is -0.141. The minimum atomic E-state index is -0.797. The lowest BCUT2D eigenvalue weighted by Crippen LogP contribution is -2.36. The van der Waals surface area contributed by atoms with Gasteiger partial charge < -0.3 is 23.9 Å². The Morgan fingerprint density at radius 2 is 1.97 bits per heavy atom. The predicted octanol–water partition coefficient (Wildman–Crippen LogP) is 3.59. The van der Waals surface area contributed by atoms with Crippen molar-refractivity contribution in [2.75, 3.05) is 19.8 Å². The number of aliphatic hydroxyl groups excluding tert-OH is 1. The normalized spacial score (nSPS) is 23.3. The van der Waals surface area contributed by atoms with Crippen molar-refractivity contribution in [3.05, 3.63) is 59.1 Å². The molecule has 2 atom stereocenters. The number of furan rings is 1. The molecule has 2 aliphatic rings. The van der Waals surface area contributed by atoms with Gasteiger partial charge in [-0.15, -0.1) is 0 Å². The summed E-state index contributed by atoms with van der Waals surface area (Å²) in [5, 5.41) is 11.0. The maximum absolute atomic E-state index is 12.9. The molecule has 30 heavy (non-hydrogen) atoms. The number of ether oxygens (including phenoxy) is 2. The zero-order chi connectivity index (χ0) is 21.3. The zero-order valence-corrected chi connectivity index (χ0v) is 17.1. The minimum absolute atomic E-state index is 0.0245. The van der Waals surface area contributed by atoms with Gasteiger partial charge in [-0.05, 0) is 63.1 Å². The standard InChI is InChI=1S/C23H25NO6/c1-3-28-16-9-7-15(8-10-16)21(25)19-20(18-11-6-14(2)30-18)24(23(27)22(19)26)13-17-5-4-12-29-17/h6-11,17,20,25H,3-5,12-13H2,1-2H3/t17-,20+/m0/s1. The summed E-state index contributed by atoms with van der Waals surface area (Å²) in [6.07, 6.45) is 1.61. The fourth-order valence-corrected chi connectivity index (χ4v) is 4.00. The Balaban J connectivity index is 1.76. The molecule has 0 bridgehead atoms. The van der Waals surface area contributed by atoms with Gasteiger partial charge in [0.05, 0.1) is 18.3 Å². The van der Waals surface area contributed by atoms with Crippen LogP contribution in [0, 0.1) is 6.92 Å². The number of aryl methyl sites for hydroxylation is 1. The van der Waals surface area contributed by atoms with Gasteiger partial charge in [0.25, 0.3) is 11.7 Å². The van der Waals surface area contributed by atoms with Gasteiger partial charge >= 0.3 is 0 Å². The van der Waals surface area contributed by atoms with Crippen molar-refractivity contribution in [2.24, 2.45) is 0 Å². The molecule has 7 nitrogen and oxygen atoms in total. The quantitative estimate of drug-likeness (QED) is 0.444. The molecule has 0 radical (unpaired) electrons. The van der Waals surface area contributed by atoms with Crippen LogP contribution in [-0.4, -0.2) is 47.6 Å². The first-order valence-corrected chi connectivity index (χ1v) is 10.2. The van der Waals surface area contributed by atoms with Crippen molar-refractivity contribution in [2.45, 2.75) is 38.8 Å². The van der Waals surface area contributed by atoms with E-state index in [0.717, 1.165) is 12.8 Å². The third-order valence-electron chi connectivity index (χ3n) is 5.43. The number of likely N-dealkylation sites (tertiary alicyclic amines) is 1. The number of ketones is 1. The maximum Gasteiger partial charge on any atom is 0.295 e. The predicted molar refractivity (Wildman–Crippen MR) is 109 cm³/mol. The number of aliphatic hydroxyl groups is 1. The highest BCUT2D eigenvalue weighted by Gasteiger charge is 2.48. The number of amides is 1. The van der Waals surface area contributed by atoms with E-state index < -0.39 is 17.7 Å². The molecule has 1 amide bonds. The summed E-state index contributed by atoms with van der Waals surface area (Å²) in [4.78, 5) is 27.3. The molecular weight excluding hydrogens is 386 g/mol. The molecular formula is C23H25NO6. The summed E-state index contributed by atoms with van der Waals surface area (Å²) in [6, 6.07) is 9.48. The molecule has 0 aliphatic carbocycles. The van der Waals surface area contributed by atoms with E-state index in [2.05, 4.69) is 0 Å². The summed E-state index contributed by atoms with van der Waals surface area (Å²) in [5.41, 5.74) is 0.457. The molecule has 3 heterocycles. The smallest absolute Gasteiger partial charge is 0.295 e. The molecule has 0 saturated carbocycles. The van der Waals surface area contributed by atoms with Crippen LogP contribution in [0.5, 0.6) is 5.75 Å². The van der Waals surface area contributed by atoms with Crippen LogP contribution in [-0.2, 0) is 14.3 Å². The van der Waals surface area contributed by atoms with E-state index in [-0.39, 0.29) is 24.0 Å². The largest absolute Gasteiger partial charge is 0.507 e. The monoisotopic (exact) mass is 411 g/mol. The number of hydrogen-bond acceptors (Lipinski definition) is 6. The fourth-order valence-electron chi connectivity index (χ4n) is 4.00. The second-order valence-corrected chi connectivity index (χ2v) is 7.49. The van der Waals surface area contributed by atoms with Crippen LogP contribution in [0.3, 0.4) is 0 Å². The van der Waals surface area contributed by atoms with E-state index in [1.807, 2.05) is 6.92 Å². The summed E-state index contributed by atoms with van der Waals surface area (Å²) >= 11 is 0. The molecule has 0 spiro atoms. The molecule has 2 aliphatic heterocycles. The van der Waals surface area contributed by atoms with E-state index in [9.17, 15) is 14.7 Å². The Morgan fingerprint density at radius 3 is 2.57 bits per heavy atom. The van der Waals surface area contributed by atoms with Gasteiger partial charge in [-0.1, -0.05) is 0 Å². The van der Waals surface area contributed by atoms with Crippen molar-refractivity contribution < 1.29 is 28.6 Å². The Morgan fingerprint density at radius 1 is 1.20 bits per heavy atom. The summed E-state index contributed by atoms with van der Waals surface area (Å²) in [7, 11) is 0. The SMILES string of the molecule is CCOc1ccc(C(O)=C2C(=O)C(=O)N(C[C@@H]3CCCO3)[C@@H]2c2ccc(C)o2)cc1. The third-order valence-corrected chi connectivity index (χ3v) is 5.43. The molecule has 0 unspecified atom stereocenters. The molecule has 1 aromatic carbocycles. The molecule has 1 aromatic heterocycles. The highest BCUT2D eigenvalue weighted by molar-refractivity contribution is 6.46. The van der Waals surface area contributed by atoms with Crippen LogP contribution in [0.4, 0.5) is 0 Å². The Bertz CT molecular complexity index is 968. The lowest BCUT2D eigenvalue weighted by Gasteiger charge is -2.25. The van der Waals surface area contributed by atoms with E-state index >= 15 is 0 Å². The number of nitrogens with zero attached hydrogens (tertiary/aromatic N) is 1. The zero-order valence-electron chi connectivity index (χ0n) is 17.1. The summed E-state index contributed by atoms with van der Waals surface area (Å²) < 4.78 is 16.9. The molecule has 2 aromatic rings. The van der Waals surface area contributed by atoms with Gasteiger partial charge in [-0.2, -0.15) is 0 Å². The van der Waals surface area contributed by atoms with E-state index in [4.69, 9.17) is 13.9 Å². The first-order valence-electron chi connectivity index (χ1n) is 10.2. The van der Waals surface area contributed by atoms with E-state index in [1.54, 1.807) is 43.3 Å². The first kappa shape index (κ1) is 20.2. The summed E-state index contributed by atoms with van der Waals surface area (Å²) in [5.74, 6) is 0.151. The van der Waals surface area contributed by atoms with E-state index in [0.29, 0.717) is 36.0 Å². The number of benzene rings is 1. The maximum atomic E-state index is 12.9. The Kier molecular flexibility index (Phi) is 5.63. The highest BCUT2D eigenvalue weighted by Crippen LogP contribution is 2.40. The lowest BCUT2D eigenvalue weighted by atomic mass is 9.99. The average molecular weight is 411 g/mol. The number of rotatable bonds is 6. The average Bonchev–Trinajstić information content (AvgIpc) is 3.46. The van der Waals surface area contributed by atoms with Crippen LogP contribution in [0.1, 0.15) is 42.9 Å². The van der Waals surface area contributed by atoms with Crippen LogP contribution in [0.15, 0.2) is 46.4 Å². The van der Waals surface area contributed by atoms with Gasteiger partial charge in [-0.3, -0.25) is 9.59 Å². The first-order chi connectivity index (χ1) is 14.5. The van der Waals surface area contributed by atoms with Crippen molar-refractivity contribution in [3.8, 4) is 5.75 Å². The van der Waals surface area contributed by atoms with Crippen LogP contribution in [0.2, 0.25) is 0 Å². The highest BCUT2D eigenvalue weighted by atomic mass is 16.5. The van der Waals surface area contributed by atoms with Crippen molar-refractivity contribution >= 4 is 17.4 Å². The number of hydrogen-bond donors (Lipinski definition) is 1. The third kappa shape index (κ3) is 3.73. The second kappa shape index (κ2) is 8.36. The van der Waals surface area contributed by atoms with Crippen molar-refractivity contribution in [1.82, 2.24) is 4.90 Å². The number of Topliss-reactive ketones (excluding diaryl/α,β-unsaturated/α-hetero) is 1. The van der Waals surface area contributed by atoms with Gasteiger partial charge in [0, 0.05) is 18.7 Å². The molecule has 158 valence electrons. The molecule has 2 fully saturated rings.